The third kappa shape index (κ3) is 1.96. The van der Waals surface area contributed by atoms with E-state index in [1.54, 1.807) is 18.0 Å². The molecule has 0 aliphatic heterocycles. The summed E-state index contributed by atoms with van der Waals surface area (Å²) in [5.74, 6) is 1.92. The number of hydrogen-bond donors (Lipinski definition) is 0. The van der Waals surface area contributed by atoms with Gasteiger partial charge in [0.05, 0.1) is 35.9 Å². The number of aryl methyl sites for hydroxylation is 1. The molecule has 0 radical (unpaired) electrons. The zero-order chi connectivity index (χ0) is 13.4. The monoisotopic (exact) mass is 276 g/mol. The number of rotatable bonds is 3. The summed E-state index contributed by atoms with van der Waals surface area (Å²) < 4.78 is 9.01. The Bertz CT molecular complexity index is 731. The minimum absolute atomic E-state index is 0.339. The SMILES string of the molecule is COc1ccc2nc(CCl)n(-c3cnn(C)c3)c2c1. The standard InChI is InChI=1S/C13H13ClN4O/c1-17-8-9(7-15-17)18-12-5-10(19-2)3-4-11(12)16-13(18)6-14/h3-5,7-8H,6H2,1-2H3. The molecular formula is C13H13ClN4O. The molecule has 98 valence electrons. The van der Waals surface area contributed by atoms with E-state index in [9.17, 15) is 0 Å². The van der Waals surface area contributed by atoms with Crippen molar-refractivity contribution in [3.05, 3.63) is 36.4 Å². The van der Waals surface area contributed by atoms with Gasteiger partial charge in [-0.3, -0.25) is 9.25 Å². The van der Waals surface area contributed by atoms with E-state index >= 15 is 0 Å². The molecule has 3 aromatic rings. The van der Waals surface area contributed by atoms with Crippen molar-refractivity contribution in [2.45, 2.75) is 5.88 Å². The third-order valence-corrected chi connectivity index (χ3v) is 3.24. The van der Waals surface area contributed by atoms with Crippen molar-refractivity contribution in [1.82, 2.24) is 19.3 Å². The van der Waals surface area contributed by atoms with Crippen LogP contribution in [0.3, 0.4) is 0 Å². The molecule has 1 aromatic carbocycles. The van der Waals surface area contributed by atoms with Crippen LogP contribution in [0.1, 0.15) is 5.82 Å². The van der Waals surface area contributed by atoms with Crippen LogP contribution in [0.15, 0.2) is 30.6 Å². The predicted octanol–water partition coefficient (Wildman–Crippen LogP) is 2.51. The number of benzene rings is 1. The van der Waals surface area contributed by atoms with Gasteiger partial charge in [0.2, 0.25) is 0 Å². The largest absolute Gasteiger partial charge is 0.497 e. The molecule has 0 saturated heterocycles. The highest BCUT2D eigenvalue weighted by atomic mass is 35.5. The Hall–Kier alpha value is -2.01. The quantitative estimate of drug-likeness (QED) is 0.691. The fourth-order valence-electron chi connectivity index (χ4n) is 2.13. The van der Waals surface area contributed by atoms with Crippen molar-refractivity contribution in [3.8, 4) is 11.4 Å². The van der Waals surface area contributed by atoms with Gasteiger partial charge >= 0.3 is 0 Å². The molecule has 5 nitrogen and oxygen atoms in total. The van der Waals surface area contributed by atoms with Crippen LogP contribution in [-0.2, 0) is 12.9 Å². The van der Waals surface area contributed by atoms with E-state index in [4.69, 9.17) is 16.3 Å². The van der Waals surface area contributed by atoms with E-state index in [2.05, 4.69) is 10.1 Å². The fraction of sp³-hybridized carbons (Fsp3) is 0.231. The molecule has 0 spiro atoms. The molecule has 19 heavy (non-hydrogen) atoms. The average Bonchev–Trinajstić information content (AvgIpc) is 3.00. The van der Waals surface area contributed by atoms with Crippen molar-refractivity contribution >= 4 is 22.6 Å². The van der Waals surface area contributed by atoms with Crippen LogP contribution in [0.25, 0.3) is 16.7 Å². The second-order valence-electron chi connectivity index (χ2n) is 4.22. The van der Waals surface area contributed by atoms with Gasteiger partial charge < -0.3 is 4.74 Å². The van der Waals surface area contributed by atoms with E-state index in [1.165, 1.54) is 0 Å². The van der Waals surface area contributed by atoms with Gasteiger partial charge in [-0.25, -0.2) is 4.98 Å². The first-order valence-electron chi connectivity index (χ1n) is 5.83. The Kier molecular flexibility index (Phi) is 2.91. The van der Waals surface area contributed by atoms with Crippen LogP contribution < -0.4 is 4.74 Å². The normalized spacial score (nSPS) is 11.1. The number of nitrogens with zero attached hydrogens (tertiary/aromatic N) is 4. The summed E-state index contributed by atoms with van der Waals surface area (Å²) >= 11 is 5.99. The van der Waals surface area contributed by atoms with Gasteiger partial charge in [-0.15, -0.1) is 11.6 Å². The molecule has 0 N–H and O–H groups in total. The lowest BCUT2D eigenvalue weighted by molar-refractivity contribution is 0.415. The maximum absolute atomic E-state index is 5.99. The summed E-state index contributed by atoms with van der Waals surface area (Å²) in [4.78, 5) is 4.53. The topological polar surface area (TPSA) is 44.9 Å². The summed E-state index contributed by atoms with van der Waals surface area (Å²) in [5.41, 5.74) is 2.79. The number of imidazole rings is 1. The number of halogens is 1. The molecular weight excluding hydrogens is 264 g/mol. The first-order chi connectivity index (χ1) is 9.22. The van der Waals surface area contributed by atoms with Crippen molar-refractivity contribution in [2.24, 2.45) is 7.05 Å². The fourth-order valence-corrected chi connectivity index (χ4v) is 2.31. The summed E-state index contributed by atoms with van der Waals surface area (Å²) in [6, 6.07) is 5.77. The highest BCUT2D eigenvalue weighted by Crippen LogP contribution is 2.25. The second kappa shape index (κ2) is 4.59. The lowest BCUT2D eigenvalue weighted by Gasteiger charge is -2.05. The van der Waals surface area contributed by atoms with Gasteiger partial charge in [0.15, 0.2) is 0 Å². The predicted molar refractivity (Wildman–Crippen MR) is 73.9 cm³/mol. The molecule has 0 aliphatic carbocycles. The number of methoxy groups -OCH3 is 1. The molecule has 0 saturated carbocycles. The van der Waals surface area contributed by atoms with E-state index in [0.29, 0.717) is 5.88 Å². The molecule has 2 aromatic heterocycles. The maximum atomic E-state index is 5.99. The molecule has 0 amide bonds. The minimum atomic E-state index is 0.339. The van der Waals surface area contributed by atoms with Crippen LogP contribution in [0, 0.1) is 0 Å². The number of hydrogen-bond acceptors (Lipinski definition) is 3. The number of alkyl halides is 1. The van der Waals surface area contributed by atoms with E-state index in [1.807, 2.05) is 36.0 Å². The van der Waals surface area contributed by atoms with Crippen LogP contribution in [-0.4, -0.2) is 26.4 Å². The van der Waals surface area contributed by atoms with Gasteiger partial charge in [0.25, 0.3) is 0 Å². The highest BCUT2D eigenvalue weighted by molar-refractivity contribution is 6.17. The molecule has 6 heteroatoms. The van der Waals surface area contributed by atoms with Crippen molar-refractivity contribution < 1.29 is 4.74 Å². The summed E-state index contributed by atoms with van der Waals surface area (Å²) in [6.07, 6.45) is 3.72. The molecule has 0 atom stereocenters. The maximum Gasteiger partial charge on any atom is 0.129 e. The van der Waals surface area contributed by atoms with Crippen LogP contribution in [0.2, 0.25) is 0 Å². The first kappa shape index (κ1) is 12.0. The Morgan fingerprint density at radius 1 is 1.37 bits per heavy atom. The Labute approximate surface area is 115 Å². The zero-order valence-corrected chi connectivity index (χ0v) is 11.4. The summed E-state index contributed by atoms with van der Waals surface area (Å²) in [5, 5.41) is 4.19. The molecule has 0 fully saturated rings. The molecule has 2 heterocycles. The van der Waals surface area contributed by atoms with Crippen LogP contribution >= 0.6 is 11.6 Å². The summed E-state index contributed by atoms with van der Waals surface area (Å²) in [7, 11) is 3.53. The smallest absolute Gasteiger partial charge is 0.129 e. The van der Waals surface area contributed by atoms with Crippen LogP contribution in [0.5, 0.6) is 5.75 Å². The number of ether oxygens (including phenoxy) is 1. The lowest BCUT2D eigenvalue weighted by Crippen LogP contribution is -1.98. The van der Waals surface area contributed by atoms with Gasteiger partial charge in [-0.1, -0.05) is 0 Å². The van der Waals surface area contributed by atoms with E-state index < -0.39 is 0 Å². The minimum Gasteiger partial charge on any atom is -0.497 e. The van der Waals surface area contributed by atoms with Crippen molar-refractivity contribution in [3.63, 3.8) is 0 Å². The summed E-state index contributed by atoms with van der Waals surface area (Å²) in [6.45, 7) is 0. The molecule has 0 aliphatic rings. The van der Waals surface area contributed by atoms with E-state index in [-0.39, 0.29) is 0 Å². The molecule has 0 bridgehead atoms. The molecule has 3 rings (SSSR count). The van der Waals surface area contributed by atoms with Gasteiger partial charge in [-0.05, 0) is 12.1 Å². The van der Waals surface area contributed by atoms with Gasteiger partial charge in [0.1, 0.15) is 11.6 Å². The Morgan fingerprint density at radius 3 is 2.84 bits per heavy atom. The van der Waals surface area contributed by atoms with Crippen molar-refractivity contribution in [2.75, 3.05) is 7.11 Å². The third-order valence-electron chi connectivity index (χ3n) is 3.00. The number of fused-ring (bicyclic) bond motifs is 1. The van der Waals surface area contributed by atoms with Crippen LogP contribution in [0.4, 0.5) is 0 Å². The zero-order valence-electron chi connectivity index (χ0n) is 10.7. The lowest BCUT2D eigenvalue weighted by atomic mass is 10.3. The Morgan fingerprint density at radius 2 is 2.21 bits per heavy atom. The Balaban J connectivity index is 2.30. The molecule has 0 unspecified atom stereocenters. The van der Waals surface area contributed by atoms with E-state index in [0.717, 1.165) is 28.3 Å². The van der Waals surface area contributed by atoms with Crippen molar-refractivity contribution in [1.29, 1.82) is 0 Å². The first-order valence-corrected chi connectivity index (χ1v) is 6.36. The van der Waals surface area contributed by atoms with Gasteiger partial charge in [0, 0.05) is 19.3 Å². The average molecular weight is 277 g/mol. The van der Waals surface area contributed by atoms with Gasteiger partial charge in [-0.2, -0.15) is 5.10 Å². The highest BCUT2D eigenvalue weighted by Gasteiger charge is 2.13. The number of aromatic nitrogens is 4. The second-order valence-corrected chi connectivity index (χ2v) is 4.49.